The van der Waals surface area contributed by atoms with Crippen molar-refractivity contribution in [1.29, 1.82) is 0 Å². The zero-order valence-corrected chi connectivity index (χ0v) is 16.9. The Kier molecular flexibility index (Phi) is 5.12. The second kappa shape index (κ2) is 8.07. The van der Waals surface area contributed by atoms with Crippen LogP contribution in [-0.2, 0) is 16.0 Å². The van der Waals surface area contributed by atoms with Gasteiger partial charge in [-0.1, -0.05) is 18.2 Å². The first-order chi connectivity index (χ1) is 14.7. The Morgan fingerprint density at radius 1 is 1.20 bits per heavy atom. The highest BCUT2D eigenvalue weighted by atomic mass is 16.5. The van der Waals surface area contributed by atoms with E-state index in [0.29, 0.717) is 19.0 Å². The molecule has 156 valence electrons. The van der Waals surface area contributed by atoms with E-state index in [-0.39, 0.29) is 17.6 Å². The van der Waals surface area contributed by atoms with E-state index in [2.05, 4.69) is 21.0 Å². The van der Waals surface area contributed by atoms with Crippen molar-refractivity contribution in [3.8, 4) is 6.01 Å². The highest BCUT2D eigenvalue weighted by Crippen LogP contribution is 2.36. The number of piperidine rings is 1. The minimum Gasteiger partial charge on any atom is -0.460 e. The summed E-state index contributed by atoms with van der Waals surface area (Å²) in [5.41, 5.74) is 1.91. The molecule has 0 bridgehead atoms. The van der Waals surface area contributed by atoms with E-state index < -0.39 is 0 Å². The maximum absolute atomic E-state index is 12.9. The minimum absolute atomic E-state index is 0.0506. The van der Waals surface area contributed by atoms with Gasteiger partial charge < -0.3 is 19.4 Å². The first-order valence-corrected chi connectivity index (χ1v) is 10.6. The van der Waals surface area contributed by atoms with Crippen LogP contribution in [0.4, 0.5) is 0 Å². The van der Waals surface area contributed by atoms with Crippen LogP contribution in [0.3, 0.4) is 0 Å². The Hall–Kier alpha value is -2.93. The average molecular weight is 406 g/mol. The van der Waals surface area contributed by atoms with Gasteiger partial charge in [-0.25, -0.2) is 9.97 Å². The van der Waals surface area contributed by atoms with Gasteiger partial charge in [0.05, 0.1) is 18.6 Å². The predicted octanol–water partition coefficient (Wildman–Crippen LogP) is 3.12. The molecule has 7 heteroatoms. The highest BCUT2D eigenvalue weighted by Gasteiger charge is 2.42. The molecule has 2 aliphatic heterocycles. The number of para-hydroxylation sites is 1. The largest absolute Gasteiger partial charge is 0.460 e. The van der Waals surface area contributed by atoms with Crippen LogP contribution in [0, 0.1) is 0 Å². The van der Waals surface area contributed by atoms with Crippen LogP contribution >= 0.6 is 0 Å². The molecular formula is C23H26N4O3. The van der Waals surface area contributed by atoms with Crippen molar-refractivity contribution in [3.63, 3.8) is 0 Å². The van der Waals surface area contributed by atoms with E-state index in [1.807, 2.05) is 29.3 Å². The van der Waals surface area contributed by atoms with E-state index in [1.165, 1.54) is 0 Å². The fourth-order valence-electron chi connectivity index (χ4n) is 4.64. The van der Waals surface area contributed by atoms with Gasteiger partial charge in [-0.3, -0.25) is 4.79 Å². The van der Waals surface area contributed by atoms with Crippen molar-refractivity contribution in [2.75, 3.05) is 19.7 Å². The van der Waals surface area contributed by atoms with Gasteiger partial charge in [-0.2, -0.15) is 0 Å². The minimum atomic E-state index is -0.213. The molecule has 0 radical (unpaired) electrons. The molecule has 1 N–H and O–H groups in total. The molecule has 2 aromatic heterocycles. The number of ether oxygens (including phenoxy) is 2. The van der Waals surface area contributed by atoms with Crippen molar-refractivity contribution in [1.82, 2.24) is 19.9 Å². The molecule has 2 aliphatic rings. The SMILES string of the molecule is O=C(Cc1c[nH]c2ccccc12)N1CCC2(CC1)CC(Oc1ncccn1)CCO2. The molecule has 1 unspecified atom stereocenters. The number of carbonyl (C=O) groups excluding carboxylic acids is 1. The van der Waals surface area contributed by atoms with Gasteiger partial charge in [0.25, 0.3) is 0 Å². The number of rotatable bonds is 4. The molecule has 1 atom stereocenters. The number of nitrogens with zero attached hydrogens (tertiary/aromatic N) is 3. The molecule has 1 aromatic carbocycles. The standard InChI is InChI=1S/C23H26N4O3/c28-21(14-17-16-26-20-5-2-1-4-19(17)20)27-11-7-23(8-12-27)15-18(6-13-29-23)30-22-24-9-3-10-25-22/h1-5,9-10,16,18,26H,6-8,11-15H2. The Labute approximate surface area is 175 Å². The summed E-state index contributed by atoms with van der Waals surface area (Å²) in [4.78, 5) is 26.5. The third-order valence-corrected chi connectivity index (χ3v) is 6.31. The number of H-pyrrole nitrogens is 1. The van der Waals surface area contributed by atoms with Gasteiger partial charge >= 0.3 is 6.01 Å². The van der Waals surface area contributed by atoms with Gasteiger partial charge in [0.1, 0.15) is 6.10 Å². The number of carbonyl (C=O) groups is 1. The Morgan fingerprint density at radius 2 is 2.00 bits per heavy atom. The number of amides is 1. The number of aromatic nitrogens is 3. The van der Waals surface area contributed by atoms with Gasteiger partial charge in [-0.05, 0) is 30.5 Å². The maximum atomic E-state index is 12.9. The van der Waals surface area contributed by atoms with Gasteiger partial charge in [0, 0.05) is 55.4 Å². The van der Waals surface area contributed by atoms with Crippen molar-refractivity contribution in [2.24, 2.45) is 0 Å². The van der Waals surface area contributed by atoms with Crippen molar-refractivity contribution in [3.05, 3.63) is 54.5 Å². The third kappa shape index (κ3) is 3.89. The Balaban J connectivity index is 1.18. The fourth-order valence-corrected chi connectivity index (χ4v) is 4.64. The summed E-state index contributed by atoms with van der Waals surface area (Å²) in [6.45, 7) is 2.10. The Bertz CT molecular complexity index is 1010. The van der Waals surface area contributed by atoms with Gasteiger partial charge in [0.2, 0.25) is 5.91 Å². The fraction of sp³-hybridized carbons (Fsp3) is 0.435. The summed E-state index contributed by atoms with van der Waals surface area (Å²) in [5.74, 6) is 0.177. The van der Waals surface area contributed by atoms with E-state index in [4.69, 9.17) is 9.47 Å². The van der Waals surface area contributed by atoms with Crippen LogP contribution in [0.25, 0.3) is 10.9 Å². The lowest BCUT2D eigenvalue weighted by Gasteiger charge is -2.45. The molecule has 30 heavy (non-hydrogen) atoms. The quantitative estimate of drug-likeness (QED) is 0.720. The lowest BCUT2D eigenvalue weighted by molar-refractivity contribution is -0.151. The molecule has 2 saturated heterocycles. The number of likely N-dealkylation sites (tertiary alicyclic amines) is 1. The second-order valence-corrected chi connectivity index (χ2v) is 8.21. The number of hydrogen-bond donors (Lipinski definition) is 1. The monoisotopic (exact) mass is 406 g/mol. The normalized spacial score (nSPS) is 21.1. The number of aromatic amines is 1. The molecule has 1 spiro atoms. The zero-order valence-electron chi connectivity index (χ0n) is 16.9. The smallest absolute Gasteiger partial charge is 0.316 e. The topological polar surface area (TPSA) is 80.3 Å². The van der Waals surface area contributed by atoms with Crippen molar-refractivity contribution in [2.45, 2.75) is 43.8 Å². The molecule has 3 aromatic rings. The first-order valence-electron chi connectivity index (χ1n) is 10.6. The van der Waals surface area contributed by atoms with Crippen molar-refractivity contribution >= 4 is 16.8 Å². The number of benzene rings is 1. The number of nitrogens with one attached hydrogen (secondary N) is 1. The zero-order chi connectivity index (χ0) is 20.4. The average Bonchev–Trinajstić information content (AvgIpc) is 3.18. The third-order valence-electron chi connectivity index (χ3n) is 6.31. The maximum Gasteiger partial charge on any atom is 0.316 e. The van der Waals surface area contributed by atoms with Gasteiger partial charge in [0.15, 0.2) is 0 Å². The van der Waals surface area contributed by atoms with Crippen LogP contribution in [0.15, 0.2) is 48.9 Å². The lowest BCUT2D eigenvalue weighted by Crippen LogP contribution is -2.52. The summed E-state index contributed by atoms with van der Waals surface area (Å²) in [6.07, 6.45) is 9.13. The predicted molar refractivity (Wildman–Crippen MR) is 112 cm³/mol. The summed E-state index contributed by atoms with van der Waals surface area (Å²) < 4.78 is 12.2. The van der Waals surface area contributed by atoms with Crippen LogP contribution < -0.4 is 4.74 Å². The molecule has 7 nitrogen and oxygen atoms in total. The molecule has 0 saturated carbocycles. The van der Waals surface area contributed by atoms with E-state index in [9.17, 15) is 4.79 Å². The van der Waals surface area contributed by atoms with Crippen molar-refractivity contribution < 1.29 is 14.3 Å². The molecule has 4 heterocycles. The summed E-state index contributed by atoms with van der Waals surface area (Å²) in [6, 6.07) is 10.3. The second-order valence-electron chi connectivity index (χ2n) is 8.21. The number of fused-ring (bicyclic) bond motifs is 1. The highest BCUT2D eigenvalue weighted by molar-refractivity contribution is 5.88. The molecule has 0 aliphatic carbocycles. The van der Waals surface area contributed by atoms with Crippen LogP contribution in [0.2, 0.25) is 0 Å². The molecular weight excluding hydrogens is 380 g/mol. The van der Waals surface area contributed by atoms with E-state index in [1.54, 1.807) is 18.5 Å². The van der Waals surface area contributed by atoms with E-state index in [0.717, 1.165) is 55.2 Å². The molecule has 5 rings (SSSR count). The summed E-state index contributed by atoms with van der Waals surface area (Å²) >= 11 is 0. The van der Waals surface area contributed by atoms with Crippen LogP contribution in [0.5, 0.6) is 6.01 Å². The number of hydrogen-bond acceptors (Lipinski definition) is 5. The molecule has 2 fully saturated rings. The Morgan fingerprint density at radius 3 is 2.83 bits per heavy atom. The van der Waals surface area contributed by atoms with Crippen LogP contribution in [-0.4, -0.2) is 57.2 Å². The van der Waals surface area contributed by atoms with E-state index >= 15 is 0 Å². The lowest BCUT2D eigenvalue weighted by atomic mass is 9.83. The molecule has 1 amide bonds. The van der Waals surface area contributed by atoms with Crippen LogP contribution in [0.1, 0.15) is 31.2 Å². The summed E-state index contributed by atoms with van der Waals surface area (Å²) in [7, 11) is 0. The first kappa shape index (κ1) is 19.1. The summed E-state index contributed by atoms with van der Waals surface area (Å²) in [5, 5.41) is 1.12. The van der Waals surface area contributed by atoms with Gasteiger partial charge in [-0.15, -0.1) is 0 Å².